The molecule has 0 amide bonds. The molecule has 1 aliphatic heterocycles. The molecule has 82 valence electrons. The fourth-order valence-corrected chi connectivity index (χ4v) is 1.33. The molecule has 0 atom stereocenters. The van der Waals surface area contributed by atoms with Crippen molar-refractivity contribution in [2.45, 2.75) is 20.3 Å². The summed E-state index contributed by atoms with van der Waals surface area (Å²) in [7, 11) is 0. The van der Waals surface area contributed by atoms with E-state index in [0.717, 1.165) is 23.5 Å². The third-order valence-corrected chi connectivity index (χ3v) is 2.24. The van der Waals surface area contributed by atoms with E-state index in [1.54, 1.807) is 12.3 Å². The third kappa shape index (κ3) is 1.77. The topological polar surface area (TPSA) is 71.1 Å². The highest BCUT2D eigenvalue weighted by atomic mass is 16.6. The van der Waals surface area contributed by atoms with Crippen LogP contribution in [0.15, 0.2) is 28.1 Å². The van der Waals surface area contributed by atoms with E-state index in [4.69, 9.17) is 14.5 Å². The molecule has 0 aliphatic carbocycles. The maximum absolute atomic E-state index is 8.74. The first-order valence-corrected chi connectivity index (χ1v) is 4.95. The van der Waals surface area contributed by atoms with E-state index in [2.05, 4.69) is 10.5 Å². The molecule has 0 spiro atoms. The minimum atomic E-state index is 0.192. The highest BCUT2D eigenvalue weighted by Crippen LogP contribution is 2.23. The largest absolute Gasteiger partial charge is 0.441 e. The average molecular weight is 217 g/mol. The highest BCUT2D eigenvalue weighted by molar-refractivity contribution is 5.73. The van der Waals surface area contributed by atoms with Crippen molar-refractivity contribution in [2.75, 3.05) is 0 Å². The zero-order chi connectivity index (χ0) is 11.5. The van der Waals surface area contributed by atoms with Crippen LogP contribution in [0.4, 0.5) is 0 Å². The third-order valence-electron chi connectivity index (χ3n) is 2.24. The Balaban J connectivity index is 2.39. The second-order valence-corrected chi connectivity index (χ2v) is 3.35. The Labute approximate surface area is 93.0 Å². The summed E-state index contributed by atoms with van der Waals surface area (Å²) in [6.07, 6.45) is 4.08. The molecule has 0 saturated heterocycles. The lowest BCUT2D eigenvalue weighted by molar-refractivity contribution is 0.141. The average Bonchev–Trinajstić information content (AvgIpc) is 2.78. The van der Waals surface area contributed by atoms with Crippen LogP contribution < -0.4 is 5.48 Å². The van der Waals surface area contributed by atoms with Gasteiger partial charge in [-0.25, -0.2) is 10.5 Å². The van der Waals surface area contributed by atoms with Gasteiger partial charge in [0.2, 0.25) is 11.6 Å². The zero-order valence-electron chi connectivity index (χ0n) is 9.07. The number of hydroxylamine groups is 1. The molecule has 16 heavy (non-hydrogen) atoms. The molecule has 1 N–H and O–H groups in total. The molecule has 0 unspecified atom stereocenters. The van der Waals surface area contributed by atoms with E-state index in [0.29, 0.717) is 5.89 Å². The molecular weight excluding hydrogens is 206 g/mol. The Kier molecular flexibility index (Phi) is 2.64. The summed E-state index contributed by atoms with van der Waals surface area (Å²) in [6.45, 7) is 3.82. The number of nitrogens with one attached hydrogen (secondary N) is 1. The predicted molar refractivity (Wildman–Crippen MR) is 56.4 cm³/mol. The van der Waals surface area contributed by atoms with Crippen molar-refractivity contribution in [2.24, 2.45) is 0 Å². The van der Waals surface area contributed by atoms with Crippen molar-refractivity contribution in [3.8, 4) is 6.07 Å². The molecule has 0 fully saturated rings. The summed E-state index contributed by atoms with van der Waals surface area (Å²) in [5, 5.41) is 8.74. The first kappa shape index (κ1) is 10.3. The summed E-state index contributed by atoms with van der Waals surface area (Å²) in [6, 6.07) is 1.92. The number of nitriles is 1. The van der Waals surface area contributed by atoms with Crippen molar-refractivity contribution >= 4 is 5.57 Å². The van der Waals surface area contributed by atoms with Gasteiger partial charge in [-0.05, 0) is 6.92 Å². The first-order valence-electron chi connectivity index (χ1n) is 4.95. The van der Waals surface area contributed by atoms with Gasteiger partial charge in [-0.3, -0.25) is 0 Å². The Morgan fingerprint density at radius 3 is 3.00 bits per heavy atom. The summed E-state index contributed by atoms with van der Waals surface area (Å²) in [5.41, 5.74) is 4.15. The minimum Gasteiger partial charge on any atom is -0.441 e. The van der Waals surface area contributed by atoms with Crippen molar-refractivity contribution in [3.63, 3.8) is 0 Å². The molecule has 1 aliphatic rings. The zero-order valence-corrected chi connectivity index (χ0v) is 9.07. The van der Waals surface area contributed by atoms with Crippen LogP contribution in [0.3, 0.4) is 0 Å². The lowest BCUT2D eigenvalue weighted by Crippen LogP contribution is -2.16. The Morgan fingerprint density at radius 2 is 2.38 bits per heavy atom. The van der Waals surface area contributed by atoms with Crippen LogP contribution in [0, 0.1) is 11.3 Å². The van der Waals surface area contributed by atoms with Crippen LogP contribution in [0.25, 0.3) is 5.57 Å². The summed E-state index contributed by atoms with van der Waals surface area (Å²) in [5.74, 6) is 1.50. The molecule has 0 aromatic carbocycles. The molecule has 0 bridgehead atoms. The minimum absolute atomic E-state index is 0.192. The quantitative estimate of drug-likeness (QED) is 0.819. The van der Waals surface area contributed by atoms with E-state index in [1.165, 1.54) is 0 Å². The fraction of sp³-hybridized carbons (Fsp3) is 0.273. The smallest absolute Gasteiger partial charge is 0.232 e. The second kappa shape index (κ2) is 4.11. The molecular formula is C11H11N3O2. The summed E-state index contributed by atoms with van der Waals surface area (Å²) >= 11 is 0. The number of allylic oxidation sites excluding steroid dienone is 4. The summed E-state index contributed by atoms with van der Waals surface area (Å²) in [4.78, 5) is 9.10. The Hall–Kier alpha value is -2.22. The van der Waals surface area contributed by atoms with Gasteiger partial charge in [-0.15, -0.1) is 0 Å². The molecule has 0 saturated carbocycles. The number of hydrogen-bond donors (Lipinski definition) is 1. The van der Waals surface area contributed by atoms with Crippen molar-refractivity contribution < 1.29 is 9.25 Å². The summed E-state index contributed by atoms with van der Waals surface area (Å²) < 4.78 is 5.52. The van der Waals surface area contributed by atoms with Gasteiger partial charge in [-0.1, -0.05) is 6.92 Å². The first-order chi connectivity index (χ1) is 7.74. The van der Waals surface area contributed by atoms with Crippen LogP contribution in [0.5, 0.6) is 0 Å². The van der Waals surface area contributed by atoms with Gasteiger partial charge >= 0.3 is 0 Å². The van der Waals surface area contributed by atoms with Gasteiger partial charge in [0.05, 0.1) is 17.5 Å². The Bertz CT molecular complexity index is 506. The number of nitrogens with zero attached hydrogens (tertiary/aromatic N) is 2. The van der Waals surface area contributed by atoms with Crippen LogP contribution in [-0.2, 0) is 11.3 Å². The van der Waals surface area contributed by atoms with E-state index < -0.39 is 0 Å². The highest BCUT2D eigenvalue weighted by Gasteiger charge is 2.16. The fourth-order valence-electron chi connectivity index (χ4n) is 1.33. The predicted octanol–water partition coefficient (Wildman–Crippen LogP) is 1.91. The second-order valence-electron chi connectivity index (χ2n) is 3.35. The molecule has 1 aromatic heterocycles. The normalized spacial score (nSPS) is 14.9. The van der Waals surface area contributed by atoms with Gasteiger partial charge in [0, 0.05) is 12.5 Å². The SMILES string of the molecule is CCc1cnc(C2=C(C)NOC(C#N)=C2)o1. The maximum Gasteiger partial charge on any atom is 0.232 e. The van der Waals surface area contributed by atoms with Gasteiger partial charge in [0.15, 0.2) is 0 Å². The van der Waals surface area contributed by atoms with Gasteiger partial charge < -0.3 is 9.25 Å². The molecule has 1 aromatic rings. The number of aromatic nitrogens is 1. The van der Waals surface area contributed by atoms with Crippen LogP contribution in [0.1, 0.15) is 25.5 Å². The van der Waals surface area contributed by atoms with Gasteiger partial charge in [0.25, 0.3) is 0 Å². The van der Waals surface area contributed by atoms with Crippen molar-refractivity contribution in [3.05, 3.63) is 35.4 Å². The molecule has 5 heteroatoms. The van der Waals surface area contributed by atoms with E-state index in [1.807, 2.05) is 19.9 Å². The standard InChI is InChI=1S/C11H11N3O2/c1-3-8-6-13-11(15-8)10-4-9(5-12)16-14-7(10)2/h4,6,14H,3H2,1-2H3. The monoisotopic (exact) mass is 217 g/mol. The van der Waals surface area contributed by atoms with Crippen molar-refractivity contribution in [1.82, 2.24) is 10.5 Å². The van der Waals surface area contributed by atoms with Crippen molar-refractivity contribution in [1.29, 1.82) is 5.26 Å². The van der Waals surface area contributed by atoms with Crippen LogP contribution >= 0.6 is 0 Å². The molecule has 2 heterocycles. The number of hydrogen-bond acceptors (Lipinski definition) is 5. The van der Waals surface area contributed by atoms with E-state index in [9.17, 15) is 0 Å². The Morgan fingerprint density at radius 1 is 1.56 bits per heavy atom. The van der Waals surface area contributed by atoms with Gasteiger partial charge in [-0.2, -0.15) is 5.26 Å². The lowest BCUT2D eigenvalue weighted by atomic mass is 10.2. The van der Waals surface area contributed by atoms with Crippen LogP contribution in [0.2, 0.25) is 0 Å². The van der Waals surface area contributed by atoms with E-state index >= 15 is 0 Å². The molecule has 5 nitrogen and oxygen atoms in total. The van der Waals surface area contributed by atoms with E-state index in [-0.39, 0.29) is 5.76 Å². The van der Waals surface area contributed by atoms with Crippen LogP contribution in [-0.4, -0.2) is 4.98 Å². The number of oxazole rings is 1. The molecule has 0 radical (unpaired) electrons. The lowest BCUT2D eigenvalue weighted by Gasteiger charge is -2.14. The van der Waals surface area contributed by atoms with Gasteiger partial charge in [0.1, 0.15) is 11.8 Å². The maximum atomic E-state index is 8.74. The number of rotatable bonds is 2. The molecule has 2 rings (SSSR count). The number of aryl methyl sites for hydroxylation is 1.